The first-order valence-corrected chi connectivity index (χ1v) is 6.57. The minimum atomic E-state index is -1.33. The number of carbonyl (C=O) groups is 4. The van der Waals surface area contributed by atoms with Gasteiger partial charge in [0.1, 0.15) is 0 Å². The lowest BCUT2D eigenvalue weighted by Crippen LogP contribution is -2.18. The summed E-state index contributed by atoms with van der Waals surface area (Å²) in [6, 6.07) is 0. The number of esters is 1. The average Bonchev–Trinajstić information content (AvgIpc) is 2.28. The molecule has 0 spiro atoms. The first-order chi connectivity index (χ1) is 9.11. The second-order valence-electron chi connectivity index (χ2n) is 5.07. The molecule has 6 heteroatoms. The number of hydrogen-bond donors (Lipinski definition) is 1. The van der Waals surface area contributed by atoms with Crippen molar-refractivity contribution in [1.82, 2.24) is 0 Å². The number of carbonyl (C=O) groups excluding carboxylic acids is 3. The van der Waals surface area contributed by atoms with Gasteiger partial charge in [-0.05, 0) is 18.8 Å². The minimum Gasteiger partial charge on any atom is -0.476 e. The van der Waals surface area contributed by atoms with Gasteiger partial charge >= 0.3 is 11.9 Å². The van der Waals surface area contributed by atoms with Gasteiger partial charge in [-0.15, -0.1) is 0 Å². The molecule has 0 aliphatic rings. The van der Waals surface area contributed by atoms with Gasteiger partial charge in [0.05, 0.1) is 6.61 Å². The monoisotopic (exact) mass is 288 g/mol. The lowest BCUT2D eigenvalue weighted by atomic mass is 10.1. The molecule has 0 aromatic carbocycles. The van der Waals surface area contributed by atoms with Crippen LogP contribution in [-0.2, 0) is 23.9 Å². The Bertz CT molecular complexity index is 344. The van der Waals surface area contributed by atoms with E-state index in [4.69, 9.17) is 5.11 Å². The molecule has 20 heavy (non-hydrogen) atoms. The maximum absolute atomic E-state index is 10.9. The predicted molar refractivity (Wildman–Crippen MR) is 73.2 cm³/mol. The van der Waals surface area contributed by atoms with E-state index in [1.807, 2.05) is 13.8 Å². The van der Waals surface area contributed by atoms with Gasteiger partial charge in [-0.25, -0.2) is 9.59 Å². The predicted octanol–water partition coefficient (Wildman–Crippen LogP) is 1.85. The zero-order valence-corrected chi connectivity index (χ0v) is 12.8. The molecule has 0 aliphatic heterocycles. The molecule has 0 atom stereocenters. The number of hydrogen-bond acceptors (Lipinski definition) is 5. The molecule has 0 unspecified atom stereocenters. The Morgan fingerprint density at radius 2 is 1.30 bits per heavy atom. The second kappa shape index (κ2) is 11.1. The van der Waals surface area contributed by atoms with Crippen LogP contribution in [0.1, 0.15) is 47.5 Å². The summed E-state index contributed by atoms with van der Waals surface area (Å²) in [7, 11) is 0. The topological polar surface area (TPSA) is 97.7 Å². The van der Waals surface area contributed by atoms with Crippen LogP contribution in [0.4, 0.5) is 0 Å². The van der Waals surface area contributed by atoms with Crippen LogP contribution in [0.2, 0.25) is 0 Å². The van der Waals surface area contributed by atoms with Crippen molar-refractivity contribution in [2.75, 3.05) is 6.61 Å². The number of Topliss-reactive ketones (excluding diaryl/α,β-unsaturated/α-hetero) is 2. The van der Waals surface area contributed by atoms with Crippen LogP contribution < -0.4 is 0 Å². The maximum Gasteiger partial charge on any atom is 0.374 e. The third kappa shape index (κ3) is 12.7. The summed E-state index contributed by atoms with van der Waals surface area (Å²) in [4.78, 5) is 41.8. The van der Waals surface area contributed by atoms with Crippen molar-refractivity contribution in [2.45, 2.75) is 47.5 Å². The smallest absolute Gasteiger partial charge is 0.374 e. The highest BCUT2D eigenvalue weighted by Gasteiger charge is 2.15. The van der Waals surface area contributed by atoms with E-state index in [0.717, 1.165) is 0 Å². The lowest BCUT2D eigenvalue weighted by molar-refractivity contribution is -0.153. The molecule has 0 heterocycles. The number of ketones is 2. The second-order valence-corrected chi connectivity index (χ2v) is 5.07. The minimum absolute atomic E-state index is 0.133. The van der Waals surface area contributed by atoms with E-state index in [2.05, 4.69) is 4.74 Å². The zero-order valence-electron chi connectivity index (χ0n) is 12.8. The van der Waals surface area contributed by atoms with E-state index in [-0.39, 0.29) is 31.3 Å². The van der Waals surface area contributed by atoms with Crippen LogP contribution in [0.3, 0.4) is 0 Å². The molecule has 1 N–H and O–H groups in total. The van der Waals surface area contributed by atoms with E-state index in [1.165, 1.54) is 0 Å². The fraction of sp³-hybridized carbons (Fsp3) is 0.714. The fourth-order valence-corrected chi connectivity index (χ4v) is 1.12. The molecule has 0 bridgehead atoms. The molecule has 0 aromatic rings. The number of carboxylic acid groups (broad SMARTS) is 1. The molecular weight excluding hydrogens is 264 g/mol. The van der Waals surface area contributed by atoms with E-state index >= 15 is 0 Å². The molecule has 0 amide bonds. The van der Waals surface area contributed by atoms with Crippen LogP contribution in [0.5, 0.6) is 0 Å². The Balaban J connectivity index is 0. The van der Waals surface area contributed by atoms with Gasteiger partial charge in [-0.2, -0.15) is 0 Å². The van der Waals surface area contributed by atoms with Crippen LogP contribution in [0.15, 0.2) is 0 Å². The molecular formula is C14H24O6. The lowest BCUT2D eigenvalue weighted by Gasteiger charge is -2.02. The first-order valence-electron chi connectivity index (χ1n) is 6.57. The van der Waals surface area contributed by atoms with E-state index in [0.29, 0.717) is 0 Å². The Morgan fingerprint density at radius 1 is 0.900 bits per heavy atom. The average molecular weight is 288 g/mol. The summed E-state index contributed by atoms with van der Waals surface area (Å²) in [6.45, 7) is 9.33. The fourth-order valence-electron chi connectivity index (χ4n) is 1.12. The zero-order chi connectivity index (χ0) is 16.3. The summed E-state index contributed by atoms with van der Waals surface area (Å²) in [5.41, 5.74) is 0. The standard InChI is InChI=1S/C8H14O3.C6H10O3/c1-4-11-8(10)7(9)5-6(2)3;1-4(2)3-5(7)6(8)9/h6H,4-5H2,1-3H3;4H,3H2,1-2H3,(H,8,9). The van der Waals surface area contributed by atoms with Gasteiger partial charge in [0.2, 0.25) is 11.6 Å². The SMILES string of the molecule is CC(C)CC(=O)C(=O)O.CCOC(=O)C(=O)CC(C)C. The maximum atomic E-state index is 10.9. The van der Waals surface area contributed by atoms with E-state index in [9.17, 15) is 19.2 Å². The summed E-state index contributed by atoms with van der Waals surface area (Å²) in [5.74, 6) is -2.82. The molecule has 0 saturated heterocycles. The molecule has 0 saturated carbocycles. The summed E-state index contributed by atoms with van der Waals surface area (Å²) < 4.78 is 4.52. The Kier molecular flexibility index (Phi) is 11.5. The summed E-state index contributed by atoms with van der Waals surface area (Å²) in [6.07, 6.45) is 0.411. The summed E-state index contributed by atoms with van der Waals surface area (Å²) in [5, 5.41) is 8.08. The van der Waals surface area contributed by atoms with Gasteiger partial charge < -0.3 is 9.84 Å². The van der Waals surface area contributed by atoms with E-state index in [1.54, 1.807) is 20.8 Å². The van der Waals surface area contributed by atoms with Gasteiger partial charge in [0.25, 0.3) is 0 Å². The number of rotatable bonds is 7. The largest absolute Gasteiger partial charge is 0.476 e. The van der Waals surface area contributed by atoms with Gasteiger partial charge in [-0.3, -0.25) is 9.59 Å². The van der Waals surface area contributed by atoms with Crippen molar-refractivity contribution in [3.05, 3.63) is 0 Å². The highest BCUT2D eigenvalue weighted by molar-refractivity contribution is 6.33. The molecule has 116 valence electrons. The normalized spacial score (nSPS) is 9.75. The number of aliphatic carboxylic acids is 1. The Labute approximate surface area is 119 Å². The number of ether oxygens (including phenoxy) is 1. The highest BCUT2D eigenvalue weighted by atomic mass is 16.5. The third-order valence-corrected chi connectivity index (χ3v) is 1.93. The highest BCUT2D eigenvalue weighted by Crippen LogP contribution is 2.01. The first kappa shape index (κ1) is 20.6. The van der Waals surface area contributed by atoms with Gasteiger partial charge in [-0.1, -0.05) is 27.7 Å². The molecule has 0 rings (SSSR count). The van der Waals surface area contributed by atoms with Crippen LogP contribution in [-0.4, -0.2) is 35.2 Å². The molecule has 6 nitrogen and oxygen atoms in total. The van der Waals surface area contributed by atoms with Crippen molar-refractivity contribution < 1.29 is 29.0 Å². The number of carboxylic acids is 1. The van der Waals surface area contributed by atoms with Crippen molar-refractivity contribution in [2.24, 2.45) is 11.8 Å². The van der Waals surface area contributed by atoms with Crippen molar-refractivity contribution in [1.29, 1.82) is 0 Å². The molecule has 0 aliphatic carbocycles. The van der Waals surface area contributed by atoms with Crippen molar-refractivity contribution in [3.63, 3.8) is 0 Å². The Morgan fingerprint density at radius 3 is 1.55 bits per heavy atom. The van der Waals surface area contributed by atoms with Crippen LogP contribution in [0.25, 0.3) is 0 Å². The van der Waals surface area contributed by atoms with Crippen molar-refractivity contribution in [3.8, 4) is 0 Å². The van der Waals surface area contributed by atoms with Crippen LogP contribution in [0, 0.1) is 11.8 Å². The quantitative estimate of drug-likeness (QED) is 0.567. The molecule has 0 fully saturated rings. The summed E-state index contributed by atoms with van der Waals surface area (Å²) >= 11 is 0. The van der Waals surface area contributed by atoms with Gasteiger partial charge in [0.15, 0.2) is 0 Å². The molecule has 0 radical (unpaired) electrons. The molecule has 0 aromatic heterocycles. The van der Waals surface area contributed by atoms with Crippen molar-refractivity contribution >= 4 is 23.5 Å². The Hall–Kier alpha value is -1.72. The van der Waals surface area contributed by atoms with Crippen LogP contribution >= 0.6 is 0 Å². The third-order valence-electron chi connectivity index (χ3n) is 1.93. The van der Waals surface area contributed by atoms with Gasteiger partial charge in [0, 0.05) is 12.8 Å². The van der Waals surface area contributed by atoms with E-state index < -0.39 is 23.5 Å².